The zero-order chi connectivity index (χ0) is 20.3. The standard InChI is InChI=1S/C21H32O5S/c1-3-5-11-21(26,4-2)12-8-10-17-16(18(22)14-19(17)23)9-6-7-13-27-15-20(24)25/h2,8,10,16-17,19,23,26H,3,5-7,9,11-15H2,1H3,(H,24,25)/t16-,17-,19-,21?/m1/s1. The zero-order valence-electron chi connectivity index (χ0n) is 16.1. The van der Waals surface area contributed by atoms with E-state index in [0.29, 0.717) is 19.3 Å². The summed E-state index contributed by atoms with van der Waals surface area (Å²) in [6.45, 7) is 2.04. The largest absolute Gasteiger partial charge is 0.481 e. The minimum atomic E-state index is -1.17. The minimum absolute atomic E-state index is 0.0773. The van der Waals surface area contributed by atoms with Crippen molar-refractivity contribution in [1.82, 2.24) is 0 Å². The molecule has 0 bridgehead atoms. The Morgan fingerprint density at radius 3 is 2.78 bits per heavy atom. The lowest BCUT2D eigenvalue weighted by atomic mass is 9.87. The van der Waals surface area contributed by atoms with Crippen molar-refractivity contribution < 1.29 is 24.9 Å². The monoisotopic (exact) mass is 396 g/mol. The lowest BCUT2D eigenvalue weighted by Gasteiger charge is -2.21. The fraction of sp³-hybridized carbons (Fsp3) is 0.714. The summed E-state index contributed by atoms with van der Waals surface area (Å²) in [7, 11) is 0. The van der Waals surface area contributed by atoms with Gasteiger partial charge in [-0.15, -0.1) is 6.42 Å². The number of carbonyl (C=O) groups is 2. The normalized spacial score (nSPS) is 24.8. The van der Waals surface area contributed by atoms with Crippen LogP contribution in [0.1, 0.15) is 58.3 Å². The van der Waals surface area contributed by atoms with Crippen molar-refractivity contribution in [3.63, 3.8) is 0 Å². The first-order valence-electron chi connectivity index (χ1n) is 9.70. The molecule has 1 aliphatic rings. The Labute approximate surface area is 166 Å². The number of carboxylic acids is 1. The first-order chi connectivity index (χ1) is 12.8. The van der Waals surface area contributed by atoms with Crippen LogP contribution in [0.3, 0.4) is 0 Å². The van der Waals surface area contributed by atoms with E-state index < -0.39 is 17.7 Å². The molecule has 0 aromatic carbocycles. The van der Waals surface area contributed by atoms with Crippen molar-refractivity contribution in [1.29, 1.82) is 0 Å². The number of unbranched alkanes of at least 4 members (excludes halogenated alkanes) is 2. The number of rotatable bonds is 13. The molecule has 6 heteroatoms. The zero-order valence-corrected chi connectivity index (χ0v) is 16.9. The van der Waals surface area contributed by atoms with Gasteiger partial charge >= 0.3 is 5.97 Å². The lowest BCUT2D eigenvalue weighted by molar-refractivity contribution is -0.134. The Morgan fingerprint density at radius 1 is 1.41 bits per heavy atom. The van der Waals surface area contributed by atoms with Crippen molar-refractivity contribution in [2.45, 2.75) is 70.0 Å². The molecule has 0 aromatic heterocycles. The van der Waals surface area contributed by atoms with Gasteiger partial charge in [0, 0.05) is 24.7 Å². The molecule has 5 nitrogen and oxygen atoms in total. The predicted octanol–water partition coefficient (Wildman–Crippen LogP) is 3.04. The molecule has 152 valence electrons. The number of aliphatic carboxylic acids is 1. The molecule has 0 saturated heterocycles. The summed E-state index contributed by atoms with van der Waals surface area (Å²) in [5.41, 5.74) is -1.17. The highest BCUT2D eigenvalue weighted by Gasteiger charge is 2.39. The van der Waals surface area contributed by atoms with Gasteiger partial charge in [-0.05, 0) is 31.4 Å². The molecule has 3 N–H and O–H groups in total. The van der Waals surface area contributed by atoms with Crippen LogP contribution in [0.5, 0.6) is 0 Å². The van der Waals surface area contributed by atoms with E-state index in [1.54, 1.807) is 6.08 Å². The van der Waals surface area contributed by atoms with Crippen molar-refractivity contribution in [2.75, 3.05) is 11.5 Å². The molecule has 1 aliphatic carbocycles. The van der Waals surface area contributed by atoms with Gasteiger partial charge in [0.25, 0.3) is 0 Å². The van der Waals surface area contributed by atoms with Gasteiger partial charge in [0.05, 0.1) is 11.9 Å². The van der Waals surface area contributed by atoms with Gasteiger partial charge in [-0.1, -0.05) is 37.8 Å². The molecule has 0 heterocycles. The molecule has 27 heavy (non-hydrogen) atoms. The van der Waals surface area contributed by atoms with E-state index in [2.05, 4.69) is 5.92 Å². The summed E-state index contributed by atoms with van der Waals surface area (Å²) in [6.07, 6.45) is 13.6. The van der Waals surface area contributed by atoms with Crippen molar-refractivity contribution in [2.24, 2.45) is 11.8 Å². The maximum absolute atomic E-state index is 12.2. The molecule has 0 aliphatic heterocycles. The number of carboxylic acid groups (broad SMARTS) is 1. The van der Waals surface area contributed by atoms with Crippen LogP contribution in [-0.4, -0.2) is 50.3 Å². The third kappa shape index (κ3) is 8.50. The molecule has 0 amide bonds. The second-order valence-electron chi connectivity index (χ2n) is 7.28. The smallest absolute Gasteiger partial charge is 0.313 e. The van der Waals surface area contributed by atoms with Crippen LogP contribution in [0.25, 0.3) is 0 Å². The molecule has 0 spiro atoms. The third-order valence-corrected chi connectivity index (χ3v) is 6.07. The predicted molar refractivity (Wildman–Crippen MR) is 108 cm³/mol. The van der Waals surface area contributed by atoms with E-state index in [4.69, 9.17) is 11.5 Å². The lowest BCUT2D eigenvalue weighted by Crippen LogP contribution is -2.25. The number of thioether (sulfide) groups is 1. The highest BCUT2D eigenvalue weighted by molar-refractivity contribution is 7.99. The number of aliphatic hydroxyl groups is 2. The average Bonchev–Trinajstić information content (AvgIpc) is 2.89. The number of ketones is 1. The van der Waals surface area contributed by atoms with Gasteiger partial charge in [-0.2, -0.15) is 11.8 Å². The molecule has 1 rings (SSSR count). The summed E-state index contributed by atoms with van der Waals surface area (Å²) in [5.74, 6) is 2.13. The number of aliphatic hydroxyl groups excluding tert-OH is 1. The topological polar surface area (TPSA) is 94.8 Å². The second-order valence-corrected chi connectivity index (χ2v) is 8.38. The summed E-state index contributed by atoms with van der Waals surface area (Å²) < 4.78 is 0. The van der Waals surface area contributed by atoms with Crippen LogP contribution in [-0.2, 0) is 9.59 Å². The summed E-state index contributed by atoms with van der Waals surface area (Å²) >= 11 is 1.38. The number of hydrogen-bond acceptors (Lipinski definition) is 5. The fourth-order valence-electron chi connectivity index (χ4n) is 3.44. The molecule has 1 unspecified atom stereocenters. The van der Waals surface area contributed by atoms with Crippen LogP contribution in [0.4, 0.5) is 0 Å². The number of terminal acetylenes is 1. The number of hydrogen-bond donors (Lipinski definition) is 3. The van der Waals surface area contributed by atoms with Crippen LogP contribution >= 0.6 is 11.8 Å². The average molecular weight is 397 g/mol. The first-order valence-corrected chi connectivity index (χ1v) is 10.9. The maximum atomic E-state index is 12.2. The molecular weight excluding hydrogens is 364 g/mol. The van der Waals surface area contributed by atoms with Gasteiger partial charge in [-0.25, -0.2) is 0 Å². The van der Waals surface area contributed by atoms with Crippen LogP contribution in [0.15, 0.2) is 12.2 Å². The first kappa shape index (κ1) is 23.7. The number of Topliss-reactive ketones (excluding diaryl/α,β-unsaturated/α-hetero) is 1. The van der Waals surface area contributed by atoms with Crippen LogP contribution < -0.4 is 0 Å². The molecule has 0 aromatic rings. The Bertz CT molecular complexity index is 553. The second kappa shape index (κ2) is 12.2. The van der Waals surface area contributed by atoms with E-state index in [0.717, 1.165) is 31.4 Å². The molecular formula is C21H32O5S. The van der Waals surface area contributed by atoms with Crippen molar-refractivity contribution in [3.05, 3.63) is 12.2 Å². The van der Waals surface area contributed by atoms with E-state index >= 15 is 0 Å². The van der Waals surface area contributed by atoms with Crippen LogP contribution in [0.2, 0.25) is 0 Å². The molecule has 0 radical (unpaired) electrons. The van der Waals surface area contributed by atoms with Crippen molar-refractivity contribution >= 4 is 23.5 Å². The maximum Gasteiger partial charge on any atom is 0.313 e. The van der Waals surface area contributed by atoms with E-state index in [1.165, 1.54) is 11.8 Å². The van der Waals surface area contributed by atoms with E-state index in [9.17, 15) is 19.8 Å². The Balaban J connectivity index is 2.51. The molecule has 1 saturated carbocycles. The third-order valence-electron chi connectivity index (χ3n) is 5.04. The number of carbonyl (C=O) groups excluding carboxylic acids is 1. The molecule has 4 atom stereocenters. The summed E-state index contributed by atoms with van der Waals surface area (Å²) in [5, 5.41) is 29.2. The SMILES string of the molecule is C#CC(O)(CC=C[C@H]1[C@H](O)CC(=O)[C@@H]1CCCCSCC(=O)O)CCCC. The van der Waals surface area contributed by atoms with Gasteiger partial charge < -0.3 is 15.3 Å². The summed E-state index contributed by atoms with van der Waals surface area (Å²) in [4.78, 5) is 22.7. The Hall–Kier alpha value is -1.29. The van der Waals surface area contributed by atoms with Crippen molar-refractivity contribution in [3.8, 4) is 12.3 Å². The fourth-order valence-corrected chi connectivity index (χ4v) is 4.17. The van der Waals surface area contributed by atoms with Gasteiger partial charge in [-0.3, -0.25) is 9.59 Å². The molecule has 1 fully saturated rings. The van der Waals surface area contributed by atoms with E-state index in [1.807, 2.05) is 13.0 Å². The van der Waals surface area contributed by atoms with Gasteiger partial charge in [0.15, 0.2) is 0 Å². The van der Waals surface area contributed by atoms with Gasteiger partial charge in [0.1, 0.15) is 11.4 Å². The quantitative estimate of drug-likeness (QED) is 0.252. The van der Waals surface area contributed by atoms with E-state index in [-0.39, 0.29) is 29.8 Å². The van der Waals surface area contributed by atoms with Crippen LogP contribution in [0, 0.1) is 24.2 Å². The minimum Gasteiger partial charge on any atom is -0.481 e. The highest BCUT2D eigenvalue weighted by Crippen LogP contribution is 2.34. The highest BCUT2D eigenvalue weighted by atomic mass is 32.2. The summed E-state index contributed by atoms with van der Waals surface area (Å²) in [6, 6.07) is 0. The Kier molecular flexibility index (Phi) is 10.8. The van der Waals surface area contributed by atoms with Gasteiger partial charge in [0.2, 0.25) is 0 Å². The Morgan fingerprint density at radius 2 is 2.15 bits per heavy atom.